The highest BCUT2D eigenvalue weighted by Gasteiger charge is 2.50. The Morgan fingerprint density at radius 1 is 0.649 bits per heavy atom. The molecule has 4 aliphatic heterocycles. The van der Waals surface area contributed by atoms with Gasteiger partial charge in [-0.1, -0.05) is 78.9 Å². The Morgan fingerprint density at radius 2 is 1.27 bits per heavy atom. The maximum Gasteiger partial charge on any atom is 0.267 e. The fourth-order valence-electron chi connectivity index (χ4n) is 10.9. The number of nitrogens with zero attached hydrogens (tertiary/aromatic N) is 12. The highest BCUT2D eigenvalue weighted by atomic mass is 19.1. The van der Waals surface area contributed by atoms with E-state index in [4.69, 9.17) is 25.2 Å². The molecular formula is C57H51FN14O2. The summed E-state index contributed by atoms with van der Waals surface area (Å²) < 4.78 is 19.8. The van der Waals surface area contributed by atoms with Crippen molar-refractivity contribution < 1.29 is 14.0 Å². The zero-order chi connectivity index (χ0) is 50.4. The summed E-state index contributed by atoms with van der Waals surface area (Å²) in [6, 6.07) is 42.5. The summed E-state index contributed by atoms with van der Waals surface area (Å²) in [7, 11) is 3.52. The number of aliphatic imine (C=N–C) groups is 2. The molecule has 13 rings (SSSR count). The van der Waals surface area contributed by atoms with E-state index in [-0.39, 0.29) is 29.5 Å². The predicted octanol–water partition coefficient (Wildman–Crippen LogP) is 9.82. The normalized spacial score (nSPS) is 18.2. The van der Waals surface area contributed by atoms with Crippen molar-refractivity contribution >= 4 is 58.4 Å². The van der Waals surface area contributed by atoms with Gasteiger partial charge in [0.15, 0.2) is 11.6 Å². The largest absolute Gasteiger partial charge is 0.340 e. The summed E-state index contributed by atoms with van der Waals surface area (Å²) in [5.41, 5.74) is 7.91. The van der Waals surface area contributed by atoms with E-state index in [0.29, 0.717) is 83.0 Å². The summed E-state index contributed by atoms with van der Waals surface area (Å²) in [5.74, 6) is 2.63. The van der Waals surface area contributed by atoms with E-state index in [9.17, 15) is 9.59 Å². The van der Waals surface area contributed by atoms with Gasteiger partial charge in [0, 0.05) is 48.4 Å². The molecule has 4 aromatic heterocycles. The molecule has 368 valence electrons. The number of anilines is 6. The van der Waals surface area contributed by atoms with E-state index in [1.165, 1.54) is 6.07 Å². The highest BCUT2D eigenvalue weighted by Crippen LogP contribution is 2.44. The summed E-state index contributed by atoms with van der Waals surface area (Å²) in [5, 5.41) is 17.2. The fraction of sp³-hybridized carbons (Fsp3) is 0.228. The molecule has 1 fully saturated rings. The number of hydrogen-bond donors (Lipinski definition) is 2. The van der Waals surface area contributed by atoms with Crippen LogP contribution in [0.25, 0.3) is 33.8 Å². The zero-order valence-electron chi connectivity index (χ0n) is 41.2. The molecule has 0 unspecified atom stereocenters. The molecule has 2 N–H and O–H groups in total. The molecule has 5 aliphatic rings. The minimum absolute atomic E-state index is 0.147. The van der Waals surface area contributed by atoms with Crippen LogP contribution in [-0.4, -0.2) is 101 Å². The third-order valence-corrected chi connectivity index (χ3v) is 14.6. The second-order valence-corrected chi connectivity index (χ2v) is 20.1. The Hall–Kier alpha value is -8.99. The van der Waals surface area contributed by atoms with Crippen LogP contribution in [0.4, 0.5) is 39.0 Å². The monoisotopic (exact) mass is 982 g/mol. The number of fused-ring (bicyclic) bond motifs is 8. The van der Waals surface area contributed by atoms with Gasteiger partial charge in [0.05, 0.1) is 54.3 Å². The van der Waals surface area contributed by atoms with Gasteiger partial charge in [-0.2, -0.15) is 10.2 Å². The maximum absolute atomic E-state index is 16.1. The lowest BCUT2D eigenvalue weighted by atomic mass is 10.1. The quantitative estimate of drug-likeness (QED) is 0.128. The lowest BCUT2D eigenvalue weighted by Crippen LogP contribution is -2.51. The summed E-state index contributed by atoms with van der Waals surface area (Å²) in [6.45, 7) is 5.35. The molecule has 2 amide bonds. The van der Waals surface area contributed by atoms with E-state index in [1.54, 1.807) is 53.0 Å². The van der Waals surface area contributed by atoms with Crippen LogP contribution in [-0.2, 0) is 13.1 Å². The summed E-state index contributed by atoms with van der Waals surface area (Å²) in [6.07, 6.45) is 4.85. The van der Waals surface area contributed by atoms with Gasteiger partial charge >= 0.3 is 0 Å². The standard InChI is InChI=1S/C57H51FN14O2/c1-57(2)33-69-51-47(53(73)68(4)56(69)64-57)49(70(65-51)31-34-19-23-36(24-20-34)42-14-8-9-29-59-42)61-39-27-28-41(58)40(30-39)44-16-10-15-43(62-44)37-25-21-35(22-26-37)32-71-50(60-38-12-6-5-7-13-38)48-52(66-71)72-46-18-11-17-45(46)63-55(72)67(3)54(48)74/h5-10,12-16,19-30,45-46,60-61H,11,17-18,31-33H2,1-4H3/t45-,46+/m1/s1. The molecule has 4 aromatic carbocycles. The van der Waals surface area contributed by atoms with Gasteiger partial charge in [-0.3, -0.25) is 34.2 Å². The molecule has 0 radical (unpaired) electrons. The number of pyridine rings is 2. The van der Waals surface area contributed by atoms with Crippen molar-refractivity contribution in [3.8, 4) is 33.8 Å². The molecule has 8 aromatic rings. The number of rotatable bonds is 11. The van der Waals surface area contributed by atoms with Gasteiger partial charge in [-0.25, -0.2) is 28.7 Å². The molecule has 2 atom stereocenters. The lowest BCUT2D eigenvalue weighted by molar-refractivity contribution is 0.0858. The smallest absolute Gasteiger partial charge is 0.267 e. The highest BCUT2D eigenvalue weighted by molar-refractivity contribution is 6.22. The number of benzene rings is 4. The van der Waals surface area contributed by atoms with Crippen molar-refractivity contribution in [3.63, 3.8) is 0 Å². The number of carbonyl (C=O) groups excluding carboxylic acids is 2. The third kappa shape index (κ3) is 7.65. The van der Waals surface area contributed by atoms with Crippen LogP contribution in [0.15, 0.2) is 150 Å². The summed E-state index contributed by atoms with van der Waals surface area (Å²) >= 11 is 0. The first-order chi connectivity index (χ1) is 35.9. The van der Waals surface area contributed by atoms with Gasteiger partial charge in [-0.05, 0) is 98.8 Å². The van der Waals surface area contributed by atoms with Crippen LogP contribution in [0.3, 0.4) is 0 Å². The number of carbonyl (C=O) groups is 2. The van der Waals surface area contributed by atoms with Crippen LogP contribution in [0.5, 0.6) is 0 Å². The number of aromatic nitrogens is 6. The Labute approximate surface area is 426 Å². The number of guanidine groups is 2. The van der Waals surface area contributed by atoms with E-state index in [0.717, 1.165) is 52.9 Å². The number of nitrogens with one attached hydrogen (secondary N) is 2. The molecule has 17 heteroatoms. The molecule has 0 spiro atoms. The fourth-order valence-corrected chi connectivity index (χ4v) is 10.9. The van der Waals surface area contributed by atoms with Crippen molar-refractivity contribution in [2.24, 2.45) is 9.98 Å². The Morgan fingerprint density at radius 3 is 1.97 bits per heavy atom. The molecule has 74 heavy (non-hydrogen) atoms. The van der Waals surface area contributed by atoms with Crippen LogP contribution in [0, 0.1) is 5.82 Å². The zero-order valence-corrected chi connectivity index (χ0v) is 41.2. The third-order valence-electron chi connectivity index (χ3n) is 14.6. The average molecular weight is 983 g/mol. The first-order valence-electron chi connectivity index (χ1n) is 24.9. The van der Waals surface area contributed by atoms with Crippen LogP contribution in [0.1, 0.15) is 65.0 Å². The number of halogens is 1. The van der Waals surface area contributed by atoms with Gasteiger partial charge in [-0.15, -0.1) is 0 Å². The van der Waals surface area contributed by atoms with Crippen LogP contribution in [0.2, 0.25) is 0 Å². The Bertz CT molecular complexity index is 3610. The molecule has 1 aliphatic carbocycles. The number of hydrogen-bond acceptors (Lipinski definition) is 12. The van der Waals surface area contributed by atoms with E-state index >= 15 is 4.39 Å². The maximum atomic E-state index is 16.1. The average Bonchev–Trinajstić information content (AvgIpc) is 4.25. The van der Waals surface area contributed by atoms with Gasteiger partial charge in [0.2, 0.25) is 11.9 Å². The second-order valence-electron chi connectivity index (χ2n) is 20.1. The Balaban J connectivity index is 0.796. The van der Waals surface area contributed by atoms with Crippen molar-refractivity contribution in [1.29, 1.82) is 0 Å². The van der Waals surface area contributed by atoms with Crippen LogP contribution >= 0.6 is 0 Å². The van der Waals surface area contributed by atoms with Crippen molar-refractivity contribution in [2.45, 2.75) is 63.8 Å². The van der Waals surface area contributed by atoms with Crippen molar-refractivity contribution in [2.75, 3.05) is 41.1 Å². The Kier molecular flexibility index (Phi) is 10.5. The first-order valence-corrected chi connectivity index (χ1v) is 24.9. The summed E-state index contributed by atoms with van der Waals surface area (Å²) in [4.78, 5) is 55.2. The molecule has 8 heterocycles. The van der Waals surface area contributed by atoms with Gasteiger partial charge in [0.25, 0.3) is 11.8 Å². The molecular weight excluding hydrogens is 932 g/mol. The lowest BCUT2D eigenvalue weighted by Gasteiger charge is -2.34. The topological polar surface area (TPSA) is 157 Å². The van der Waals surface area contributed by atoms with Crippen molar-refractivity contribution in [3.05, 3.63) is 168 Å². The molecule has 16 nitrogen and oxygen atoms in total. The first kappa shape index (κ1) is 44.9. The minimum Gasteiger partial charge on any atom is -0.340 e. The number of amides is 2. The van der Waals surface area contributed by atoms with E-state index in [1.807, 2.05) is 133 Å². The molecule has 0 bridgehead atoms. The SMILES string of the molecule is CN1C(=O)c2c(nn(Cc3ccc(-c4ccccn4)cc3)c2Nc2ccc(F)c(-c3cccc(-c4ccc(Cn5nc6c(c5Nc5ccccc5)C(=O)N(C)C5=N[C@@H]7CCC[C@@H]7N56)cc4)n3)c2)N2CC(C)(C)N=C12. The number of para-hydroxylation sites is 1. The van der Waals surface area contributed by atoms with Gasteiger partial charge in [0.1, 0.15) is 28.6 Å². The van der Waals surface area contributed by atoms with Crippen LogP contribution < -0.4 is 20.4 Å². The molecule has 1 saturated carbocycles. The molecule has 0 saturated heterocycles. The second kappa shape index (κ2) is 17.4. The predicted molar refractivity (Wildman–Crippen MR) is 285 cm³/mol. The van der Waals surface area contributed by atoms with Crippen molar-refractivity contribution in [1.82, 2.24) is 39.3 Å². The minimum atomic E-state index is -0.447. The van der Waals surface area contributed by atoms with E-state index in [2.05, 4.69) is 20.5 Å². The van der Waals surface area contributed by atoms with E-state index < -0.39 is 11.4 Å². The van der Waals surface area contributed by atoms with Gasteiger partial charge < -0.3 is 10.6 Å².